The topological polar surface area (TPSA) is 29.1 Å². The van der Waals surface area contributed by atoms with Crippen LogP contribution < -0.4 is 5.32 Å². The van der Waals surface area contributed by atoms with Crippen molar-refractivity contribution in [3.63, 3.8) is 0 Å². The Hall–Kier alpha value is -0.610. The highest BCUT2D eigenvalue weighted by molar-refractivity contribution is 9.10. The zero-order valence-corrected chi connectivity index (χ0v) is 11.2. The molecule has 0 radical (unpaired) electrons. The number of allylic oxidation sites excluding steroid dienone is 1. The molecule has 1 aromatic rings. The Bertz CT molecular complexity index is 370. The molecular formula is C11H14BrNOS. The number of hydrogen-bond acceptors (Lipinski definition) is 2. The number of thiophene rings is 1. The molecule has 0 fully saturated rings. The van der Waals surface area contributed by atoms with Gasteiger partial charge < -0.3 is 5.32 Å². The van der Waals surface area contributed by atoms with E-state index in [-0.39, 0.29) is 5.91 Å². The largest absolute Gasteiger partial charge is 0.347 e. The maximum Gasteiger partial charge on any atom is 0.246 e. The molecule has 1 amide bonds. The van der Waals surface area contributed by atoms with Gasteiger partial charge in [-0.25, -0.2) is 0 Å². The van der Waals surface area contributed by atoms with E-state index in [9.17, 15) is 4.79 Å². The van der Waals surface area contributed by atoms with Gasteiger partial charge in [0.05, 0.1) is 6.54 Å². The van der Waals surface area contributed by atoms with Gasteiger partial charge in [-0.3, -0.25) is 4.79 Å². The Kier molecular flexibility index (Phi) is 5.05. The second kappa shape index (κ2) is 6.08. The van der Waals surface area contributed by atoms with Crippen molar-refractivity contribution in [3.05, 3.63) is 32.4 Å². The summed E-state index contributed by atoms with van der Waals surface area (Å²) in [6.45, 7) is 4.45. The van der Waals surface area contributed by atoms with Crippen LogP contribution in [0.15, 0.2) is 27.6 Å². The lowest BCUT2D eigenvalue weighted by Gasteiger charge is -2.04. The van der Waals surface area contributed by atoms with Crippen LogP contribution in [-0.2, 0) is 11.3 Å². The Morgan fingerprint density at radius 1 is 1.67 bits per heavy atom. The van der Waals surface area contributed by atoms with Crippen LogP contribution in [0, 0.1) is 0 Å². The fraction of sp³-hybridized carbons (Fsp3) is 0.364. The molecule has 0 bridgehead atoms. The average Bonchev–Trinajstić information content (AvgIpc) is 2.61. The van der Waals surface area contributed by atoms with Crippen molar-refractivity contribution in [2.45, 2.75) is 26.8 Å². The van der Waals surface area contributed by atoms with Crippen molar-refractivity contribution in [1.29, 1.82) is 0 Å². The van der Waals surface area contributed by atoms with E-state index in [1.807, 2.05) is 31.4 Å². The van der Waals surface area contributed by atoms with Gasteiger partial charge in [-0.1, -0.05) is 13.0 Å². The lowest BCUT2D eigenvalue weighted by atomic mass is 10.2. The summed E-state index contributed by atoms with van der Waals surface area (Å²) in [4.78, 5) is 12.7. The summed E-state index contributed by atoms with van der Waals surface area (Å²) in [5.41, 5.74) is 0.783. The number of rotatable bonds is 4. The molecule has 0 aliphatic carbocycles. The van der Waals surface area contributed by atoms with E-state index < -0.39 is 0 Å². The van der Waals surface area contributed by atoms with E-state index in [4.69, 9.17) is 0 Å². The maximum atomic E-state index is 11.5. The SMILES string of the molecule is CCC=C(C)C(=O)NCc1sccc1Br. The molecule has 1 aromatic heterocycles. The van der Waals surface area contributed by atoms with E-state index in [1.54, 1.807) is 11.3 Å². The third-order valence-corrected chi connectivity index (χ3v) is 3.90. The molecular weight excluding hydrogens is 274 g/mol. The normalized spacial score (nSPS) is 11.5. The molecule has 0 unspecified atom stereocenters. The lowest BCUT2D eigenvalue weighted by Crippen LogP contribution is -2.23. The van der Waals surface area contributed by atoms with Crippen LogP contribution in [0.25, 0.3) is 0 Å². The Labute approximate surface area is 103 Å². The van der Waals surface area contributed by atoms with Crippen LogP contribution in [0.4, 0.5) is 0 Å². The Balaban J connectivity index is 2.48. The summed E-state index contributed by atoms with van der Waals surface area (Å²) in [6, 6.07) is 1.99. The Morgan fingerprint density at radius 3 is 2.93 bits per heavy atom. The smallest absolute Gasteiger partial charge is 0.246 e. The first-order valence-corrected chi connectivity index (χ1v) is 6.49. The van der Waals surface area contributed by atoms with Crippen molar-refractivity contribution in [2.75, 3.05) is 0 Å². The molecule has 82 valence electrons. The summed E-state index contributed by atoms with van der Waals surface area (Å²) >= 11 is 5.06. The number of carbonyl (C=O) groups excluding carboxylic acids is 1. The van der Waals surface area contributed by atoms with Crippen LogP contribution in [0.1, 0.15) is 25.1 Å². The Morgan fingerprint density at radius 2 is 2.40 bits per heavy atom. The van der Waals surface area contributed by atoms with Gasteiger partial charge in [0.1, 0.15) is 0 Å². The predicted molar refractivity (Wildman–Crippen MR) is 67.9 cm³/mol. The van der Waals surface area contributed by atoms with Crippen LogP contribution in [0.2, 0.25) is 0 Å². The minimum absolute atomic E-state index is 0.0113. The van der Waals surface area contributed by atoms with Gasteiger partial charge in [-0.05, 0) is 40.7 Å². The van der Waals surface area contributed by atoms with E-state index in [0.717, 1.165) is 21.3 Å². The fourth-order valence-electron chi connectivity index (χ4n) is 1.15. The number of halogens is 1. The minimum atomic E-state index is 0.0113. The first-order chi connectivity index (χ1) is 7.15. The molecule has 0 saturated carbocycles. The molecule has 2 nitrogen and oxygen atoms in total. The zero-order chi connectivity index (χ0) is 11.3. The number of hydrogen-bond donors (Lipinski definition) is 1. The van der Waals surface area contributed by atoms with Gasteiger partial charge in [0, 0.05) is 14.9 Å². The minimum Gasteiger partial charge on any atom is -0.347 e. The molecule has 15 heavy (non-hydrogen) atoms. The van der Waals surface area contributed by atoms with Gasteiger partial charge in [0.15, 0.2) is 0 Å². The monoisotopic (exact) mass is 287 g/mol. The van der Waals surface area contributed by atoms with Gasteiger partial charge in [0.2, 0.25) is 5.91 Å². The van der Waals surface area contributed by atoms with Crippen LogP contribution >= 0.6 is 27.3 Å². The van der Waals surface area contributed by atoms with E-state index in [1.165, 1.54) is 0 Å². The summed E-state index contributed by atoms with van der Waals surface area (Å²) in [5.74, 6) is 0.0113. The molecule has 1 heterocycles. The standard InChI is InChI=1S/C11H14BrNOS/c1-3-4-8(2)11(14)13-7-10-9(12)5-6-15-10/h4-6H,3,7H2,1-2H3,(H,13,14). The second-order valence-corrected chi connectivity index (χ2v) is 5.02. The molecule has 0 aromatic carbocycles. The number of carbonyl (C=O) groups is 1. The van der Waals surface area contributed by atoms with Gasteiger partial charge in [-0.2, -0.15) is 0 Å². The predicted octanol–water partition coefficient (Wildman–Crippen LogP) is 3.48. The quantitative estimate of drug-likeness (QED) is 0.844. The zero-order valence-electron chi connectivity index (χ0n) is 8.84. The summed E-state index contributed by atoms with van der Waals surface area (Å²) in [6.07, 6.45) is 2.82. The highest BCUT2D eigenvalue weighted by atomic mass is 79.9. The molecule has 1 rings (SSSR count). The van der Waals surface area contributed by atoms with E-state index >= 15 is 0 Å². The van der Waals surface area contributed by atoms with Crippen molar-refractivity contribution in [2.24, 2.45) is 0 Å². The van der Waals surface area contributed by atoms with E-state index in [2.05, 4.69) is 21.2 Å². The summed E-state index contributed by atoms with van der Waals surface area (Å²) < 4.78 is 1.06. The highest BCUT2D eigenvalue weighted by Crippen LogP contribution is 2.22. The first-order valence-electron chi connectivity index (χ1n) is 4.82. The van der Waals surface area contributed by atoms with Crippen molar-refractivity contribution in [3.8, 4) is 0 Å². The van der Waals surface area contributed by atoms with Crippen molar-refractivity contribution in [1.82, 2.24) is 5.32 Å². The van der Waals surface area contributed by atoms with Crippen LogP contribution in [0.3, 0.4) is 0 Å². The molecule has 4 heteroatoms. The second-order valence-electron chi connectivity index (χ2n) is 3.17. The molecule has 0 aliphatic heterocycles. The average molecular weight is 288 g/mol. The highest BCUT2D eigenvalue weighted by Gasteiger charge is 2.05. The van der Waals surface area contributed by atoms with Crippen LogP contribution in [-0.4, -0.2) is 5.91 Å². The molecule has 0 saturated heterocycles. The first kappa shape index (κ1) is 12.5. The fourth-order valence-corrected chi connectivity index (χ4v) is 2.58. The summed E-state index contributed by atoms with van der Waals surface area (Å²) in [7, 11) is 0. The number of amides is 1. The van der Waals surface area contributed by atoms with Gasteiger partial charge >= 0.3 is 0 Å². The molecule has 0 spiro atoms. The van der Waals surface area contributed by atoms with E-state index in [0.29, 0.717) is 6.54 Å². The third kappa shape index (κ3) is 3.80. The molecule has 0 atom stereocenters. The van der Waals surface area contributed by atoms with Gasteiger partial charge in [0.25, 0.3) is 0 Å². The summed E-state index contributed by atoms with van der Waals surface area (Å²) in [5, 5.41) is 4.88. The van der Waals surface area contributed by atoms with Gasteiger partial charge in [-0.15, -0.1) is 11.3 Å². The molecule has 1 N–H and O–H groups in total. The molecule has 0 aliphatic rings. The lowest BCUT2D eigenvalue weighted by molar-refractivity contribution is -0.117. The van der Waals surface area contributed by atoms with Crippen LogP contribution in [0.5, 0.6) is 0 Å². The number of nitrogens with one attached hydrogen (secondary N) is 1. The third-order valence-electron chi connectivity index (χ3n) is 1.97. The van der Waals surface area contributed by atoms with Crippen molar-refractivity contribution >= 4 is 33.2 Å². The van der Waals surface area contributed by atoms with Crippen molar-refractivity contribution < 1.29 is 4.79 Å². The maximum absolute atomic E-state index is 11.5.